The van der Waals surface area contributed by atoms with E-state index in [4.69, 9.17) is 5.73 Å². The van der Waals surface area contributed by atoms with Crippen molar-refractivity contribution in [3.05, 3.63) is 4.88 Å². The van der Waals surface area contributed by atoms with Crippen LogP contribution >= 0.6 is 11.3 Å². The highest BCUT2D eigenvalue weighted by Gasteiger charge is 2.28. The molecule has 5 nitrogen and oxygen atoms in total. The van der Waals surface area contributed by atoms with E-state index in [0.29, 0.717) is 15.9 Å². The summed E-state index contributed by atoms with van der Waals surface area (Å²) in [6.45, 7) is 1.39. The van der Waals surface area contributed by atoms with Gasteiger partial charge < -0.3 is 11.1 Å². The molecule has 1 fully saturated rings. The number of rotatable bonds is 4. The number of nitrogens with one attached hydrogen (secondary N) is 1. The van der Waals surface area contributed by atoms with Gasteiger partial charge >= 0.3 is 0 Å². The second-order valence-electron chi connectivity index (χ2n) is 4.60. The van der Waals surface area contributed by atoms with Crippen LogP contribution in [0, 0.1) is 0 Å². The van der Waals surface area contributed by atoms with Gasteiger partial charge in [0.1, 0.15) is 9.90 Å². The fraction of sp³-hybridized carbons (Fsp3) is 0.545. The van der Waals surface area contributed by atoms with E-state index in [0.717, 1.165) is 36.9 Å². The van der Waals surface area contributed by atoms with Crippen molar-refractivity contribution >= 4 is 37.6 Å². The molecule has 1 saturated carbocycles. The number of hydrogen-bond donors (Lipinski definition) is 2. The third kappa shape index (κ3) is 2.37. The van der Waals surface area contributed by atoms with Gasteiger partial charge in [0.15, 0.2) is 15.6 Å². The van der Waals surface area contributed by atoms with Crippen LogP contribution < -0.4 is 11.1 Å². The first-order chi connectivity index (χ1) is 8.30. The molecule has 3 N–H and O–H groups in total. The summed E-state index contributed by atoms with van der Waals surface area (Å²) >= 11 is 1.13. The summed E-state index contributed by atoms with van der Waals surface area (Å²) in [5.74, 6) is -0.205. The Kier molecular flexibility index (Phi) is 3.37. The number of carbonyl (C=O) groups excluding carboxylic acids is 1. The molecular weight excluding hydrogens is 272 g/mol. The minimum atomic E-state index is -3.44. The molecule has 1 heterocycles. The summed E-state index contributed by atoms with van der Waals surface area (Å²) in [6.07, 6.45) is 4.31. The molecule has 1 aromatic heterocycles. The maximum Gasteiger partial charge on any atom is 0.180 e. The van der Waals surface area contributed by atoms with Crippen molar-refractivity contribution in [1.29, 1.82) is 0 Å². The van der Waals surface area contributed by atoms with Gasteiger partial charge in [-0.15, -0.1) is 11.3 Å². The molecule has 100 valence electrons. The molecule has 1 aromatic rings. The van der Waals surface area contributed by atoms with Crippen molar-refractivity contribution in [3.63, 3.8) is 0 Å². The van der Waals surface area contributed by atoms with Crippen LogP contribution in [0.25, 0.3) is 0 Å². The molecule has 0 aromatic carbocycles. The standard InChI is InChI=1S/C11H16N2O3S2/c1-6(14)9-8(12)10(18(2,15)16)11(17-9)13-7-4-3-5-7/h7,13H,3-5,12H2,1-2H3. The Labute approximate surface area is 110 Å². The Balaban J connectivity index is 2.49. The molecule has 0 aliphatic heterocycles. The molecule has 0 unspecified atom stereocenters. The Morgan fingerprint density at radius 2 is 2.06 bits per heavy atom. The molecular formula is C11H16N2O3S2. The fourth-order valence-electron chi connectivity index (χ4n) is 1.89. The zero-order valence-electron chi connectivity index (χ0n) is 10.3. The van der Waals surface area contributed by atoms with Gasteiger partial charge in [0, 0.05) is 19.2 Å². The first kappa shape index (κ1) is 13.4. The quantitative estimate of drug-likeness (QED) is 0.826. The zero-order valence-corrected chi connectivity index (χ0v) is 12.0. The van der Waals surface area contributed by atoms with Gasteiger partial charge in [0.25, 0.3) is 0 Å². The number of hydrogen-bond acceptors (Lipinski definition) is 6. The summed E-state index contributed by atoms with van der Waals surface area (Å²) in [4.78, 5) is 11.8. The number of carbonyl (C=O) groups is 1. The summed E-state index contributed by atoms with van der Waals surface area (Å²) < 4.78 is 23.5. The lowest BCUT2D eigenvalue weighted by Gasteiger charge is -2.27. The van der Waals surface area contributed by atoms with E-state index < -0.39 is 9.84 Å². The maximum atomic E-state index is 11.8. The molecule has 1 aliphatic rings. The van der Waals surface area contributed by atoms with Crippen molar-refractivity contribution in [1.82, 2.24) is 0 Å². The highest BCUT2D eigenvalue weighted by molar-refractivity contribution is 7.91. The van der Waals surface area contributed by atoms with E-state index in [1.165, 1.54) is 6.92 Å². The summed E-state index contributed by atoms with van der Waals surface area (Å²) in [7, 11) is -3.44. The number of nitrogen functional groups attached to an aromatic ring is 1. The normalized spacial score (nSPS) is 16.3. The lowest BCUT2D eigenvalue weighted by molar-refractivity contribution is 0.102. The van der Waals surface area contributed by atoms with Crippen molar-refractivity contribution < 1.29 is 13.2 Å². The van der Waals surface area contributed by atoms with Gasteiger partial charge in [-0.3, -0.25) is 4.79 Å². The van der Waals surface area contributed by atoms with Crippen molar-refractivity contribution in [2.24, 2.45) is 0 Å². The number of sulfone groups is 1. The Hall–Kier alpha value is -1.08. The third-order valence-electron chi connectivity index (χ3n) is 3.03. The van der Waals surface area contributed by atoms with Crippen LogP contribution in [0.3, 0.4) is 0 Å². The summed E-state index contributed by atoms with van der Waals surface area (Å²) in [5, 5.41) is 3.68. The van der Waals surface area contributed by atoms with E-state index in [2.05, 4.69) is 5.32 Å². The minimum Gasteiger partial charge on any atom is -0.396 e. The first-order valence-electron chi connectivity index (χ1n) is 5.70. The smallest absolute Gasteiger partial charge is 0.180 e. The van der Waals surface area contributed by atoms with Crippen LogP contribution in [-0.4, -0.2) is 26.5 Å². The molecule has 0 radical (unpaired) electrons. The molecule has 0 atom stereocenters. The summed E-state index contributed by atoms with van der Waals surface area (Å²) in [6, 6.07) is 0.295. The lowest BCUT2D eigenvalue weighted by atomic mass is 9.93. The van der Waals surface area contributed by atoms with Gasteiger partial charge in [0.05, 0.1) is 10.6 Å². The number of nitrogens with two attached hydrogens (primary N) is 1. The van der Waals surface area contributed by atoms with Crippen LogP contribution in [0.1, 0.15) is 35.9 Å². The predicted octanol–water partition coefficient (Wildman–Crippen LogP) is 1.90. The van der Waals surface area contributed by atoms with Crippen LogP contribution in [0.2, 0.25) is 0 Å². The monoisotopic (exact) mass is 288 g/mol. The molecule has 2 rings (SSSR count). The fourth-order valence-corrected chi connectivity index (χ4v) is 4.42. The number of Topliss-reactive ketones (excluding diaryl/α,β-unsaturated/α-hetero) is 1. The van der Waals surface area contributed by atoms with Crippen LogP contribution in [0.4, 0.5) is 10.7 Å². The molecule has 0 spiro atoms. The van der Waals surface area contributed by atoms with Gasteiger partial charge in [0.2, 0.25) is 0 Å². The molecule has 1 aliphatic carbocycles. The molecule has 18 heavy (non-hydrogen) atoms. The van der Waals surface area contributed by atoms with Gasteiger partial charge in [-0.1, -0.05) is 0 Å². The van der Waals surface area contributed by atoms with E-state index in [1.54, 1.807) is 0 Å². The van der Waals surface area contributed by atoms with Crippen molar-refractivity contribution in [3.8, 4) is 0 Å². The maximum absolute atomic E-state index is 11.8. The second kappa shape index (κ2) is 4.55. The number of ketones is 1. The number of thiophene rings is 1. The highest BCUT2D eigenvalue weighted by atomic mass is 32.2. The Morgan fingerprint density at radius 3 is 2.44 bits per heavy atom. The van der Waals surface area contributed by atoms with Crippen molar-refractivity contribution in [2.75, 3.05) is 17.3 Å². The summed E-state index contributed by atoms with van der Waals surface area (Å²) in [5.41, 5.74) is 5.88. The predicted molar refractivity (Wildman–Crippen MR) is 73.1 cm³/mol. The third-order valence-corrected chi connectivity index (χ3v) is 5.56. The zero-order chi connectivity index (χ0) is 13.5. The largest absolute Gasteiger partial charge is 0.396 e. The van der Waals surface area contributed by atoms with Gasteiger partial charge in [-0.25, -0.2) is 8.42 Å². The highest BCUT2D eigenvalue weighted by Crippen LogP contribution is 2.41. The van der Waals surface area contributed by atoms with E-state index in [1.807, 2.05) is 0 Å². The van der Waals surface area contributed by atoms with E-state index in [9.17, 15) is 13.2 Å². The average molecular weight is 288 g/mol. The van der Waals surface area contributed by atoms with Crippen LogP contribution in [-0.2, 0) is 9.84 Å². The first-order valence-corrected chi connectivity index (χ1v) is 8.41. The average Bonchev–Trinajstić information content (AvgIpc) is 2.48. The SMILES string of the molecule is CC(=O)c1sc(NC2CCC2)c(S(C)(=O)=O)c1N. The minimum absolute atomic E-state index is 0.0737. The van der Waals surface area contributed by atoms with Crippen molar-refractivity contribution in [2.45, 2.75) is 37.1 Å². The molecule has 7 heteroatoms. The lowest BCUT2D eigenvalue weighted by Crippen LogP contribution is -2.27. The van der Waals surface area contributed by atoms with E-state index >= 15 is 0 Å². The van der Waals surface area contributed by atoms with Gasteiger partial charge in [-0.2, -0.15) is 0 Å². The Morgan fingerprint density at radius 1 is 1.44 bits per heavy atom. The molecule has 0 bridgehead atoms. The second-order valence-corrected chi connectivity index (χ2v) is 7.58. The van der Waals surface area contributed by atoms with Crippen LogP contribution in [0.15, 0.2) is 4.90 Å². The molecule has 0 amide bonds. The van der Waals surface area contributed by atoms with Crippen LogP contribution in [0.5, 0.6) is 0 Å². The topological polar surface area (TPSA) is 89.3 Å². The molecule has 0 saturated heterocycles. The van der Waals surface area contributed by atoms with E-state index in [-0.39, 0.29) is 16.4 Å². The van der Waals surface area contributed by atoms with Gasteiger partial charge in [-0.05, 0) is 19.3 Å². The Bertz CT molecular complexity index is 586. The number of anilines is 2.